The molecule has 0 heterocycles. The maximum absolute atomic E-state index is 13.0. The van der Waals surface area contributed by atoms with Crippen molar-refractivity contribution in [2.24, 2.45) is 0 Å². The Kier molecular flexibility index (Phi) is 6.26. The molecule has 0 aliphatic heterocycles. The molecule has 0 saturated carbocycles. The molecule has 4 nitrogen and oxygen atoms in total. The first-order valence-electron chi connectivity index (χ1n) is 7.15. The Labute approximate surface area is 147 Å². The number of ether oxygens (including phenoxy) is 1. The van der Waals surface area contributed by atoms with E-state index in [2.05, 4.69) is 21.2 Å². The molecule has 0 saturated heterocycles. The quantitative estimate of drug-likeness (QED) is 0.614. The number of hydrogen-bond donors (Lipinski definition) is 1. The minimum atomic E-state index is -0.960. The fourth-order valence-corrected chi connectivity index (χ4v) is 2.08. The number of carbonyl (C=O) groups is 2. The van der Waals surface area contributed by atoms with Gasteiger partial charge in [-0.3, -0.25) is 4.79 Å². The van der Waals surface area contributed by atoms with Gasteiger partial charge in [-0.25, -0.2) is 9.18 Å². The normalized spacial score (nSPS) is 12.0. The average Bonchev–Trinajstić information content (AvgIpc) is 2.55. The van der Waals surface area contributed by atoms with Crippen molar-refractivity contribution < 1.29 is 18.7 Å². The summed E-state index contributed by atoms with van der Waals surface area (Å²) in [5.74, 6) is -1.52. The second-order valence-corrected chi connectivity index (χ2v) is 5.88. The Morgan fingerprint density at radius 2 is 1.92 bits per heavy atom. The fraction of sp³-hybridized carbons (Fsp3) is 0.111. The number of esters is 1. The Morgan fingerprint density at radius 1 is 1.21 bits per heavy atom. The summed E-state index contributed by atoms with van der Waals surface area (Å²) in [5.41, 5.74) is 1.13. The third kappa shape index (κ3) is 5.62. The number of benzene rings is 2. The third-order valence-corrected chi connectivity index (χ3v) is 3.56. The summed E-state index contributed by atoms with van der Waals surface area (Å²) in [4.78, 5) is 23.7. The Hall–Kier alpha value is -2.47. The third-order valence-electron chi connectivity index (χ3n) is 3.03. The molecule has 0 fully saturated rings. The van der Waals surface area contributed by atoms with Gasteiger partial charge in [-0.15, -0.1) is 0 Å². The molecule has 0 aliphatic carbocycles. The van der Waals surface area contributed by atoms with Gasteiger partial charge in [0.2, 0.25) is 0 Å². The van der Waals surface area contributed by atoms with E-state index in [-0.39, 0.29) is 0 Å². The van der Waals surface area contributed by atoms with Gasteiger partial charge in [0.25, 0.3) is 5.91 Å². The molecule has 2 aromatic rings. The zero-order valence-corrected chi connectivity index (χ0v) is 14.4. The van der Waals surface area contributed by atoms with Crippen molar-refractivity contribution in [3.63, 3.8) is 0 Å². The number of anilines is 1. The zero-order chi connectivity index (χ0) is 17.5. The monoisotopic (exact) mass is 391 g/mol. The summed E-state index contributed by atoms with van der Waals surface area (Å²) in [6.07, 6.45) is 1.61. The largest absolute Gasteiger partial charge is 0.449 e. The highest BCUT2D eigenvalue weighted by Gasteiger charge is 2.16. The number of amides is 1. The smallest absolute Gasteiger partial charge is 0.331 e. The van der Waals surface area contributed by atoms with Crippen molar-refractivity contribution in [1.82, 2.24) is 0 Å². The van der Waals surface area contributed by atoms with Crippen LogP contribution < -0.4 is 5.32 Å². The number of halogens is 2. The molecule has 124 valence electrons. The van der Waals surface area contributed by atoms with Gasteiger partial charge in [-0.2, -0.15) is 0 Å². The second-order valence-electron chi connectivity index (χ2n) is 4.96. The van der Waals surface area contributed by atoms with Crippen molar-refractivity contribution >= 4 is 39.6 Å². The lowest BCUT2D eigenvalue weighted by Crippen LogP contribution is -2.29. The van der Waals surface area contributed by atoms with Gasteiger partial charge < -0.3 is 10.1 Å². The predicted octanol–water partition coefficient (Wildman–Crippen LogP) is 4.17. The summed E-state index contributed by atoms with van der Waals surface area (Å²) in [5, 5.41) is 2.64. The first kappa shape index (κ1) is 17.9. The average molecular weight is 392 g/mol. The minimum absolute atomic E-state index is 0.396. The lowest BCUT2D eigenvalue weighted by molar-refractivity contribution is -0.148. The molecule has 6 heteroatoms. The van der Waals surface area contributed by atoms with E-state index in [1.165, 1.54) is 31.2 Å². The molecule has 0 aliphatic rings. The van der Waals surface area contributed by atoms with Gasteiger partial charge in [0.1, 0.15) is 5.82 Å². The highest BCUT2D eigenvalue weighted by molar-refractivity contribution is 9.10. The molecular weight excluding hydrogens is 377 g/mol. The number of carbonyl (C=O) groups excluding carboxylic acids is 2. The van der Waals surface area contributed by atoms with E-state index in [9.17, 15) is 14.0 Å². The van der Waals surface area contributed by atoms with E-state index in [0.717, 1.165) is 10.5 Å². The van der Waals surface area contributed by atoms with Gasteiger partial charge in [0.05, 0.1) is 0 Å². The van der Waals surface area contributed by atoms with Crippen LogP contribution in [0.3, 0.4) is 0 Å². The highest BCUT2D eigenvalue weighted by Crippen LogP contribution is 2.14. The van der Waals surface area contributed by atoms with Gasteiger partial charge in [0, 0.05) is 16.2 Å². The summed E-state index contributed by atoms with van der Waals surface area (Å²) in [6, 6.07) is 12.8. The predicted molar refractivity (Wildman–Crippen MR) is 93.8 cm³/mol. The molecule has 0 radical (unpaired) electrons. The lowest BCUT2D eigenvalue weighted by atomic mass is 10.2. The molecule has 2 rings (SSSR count). The standard InChI is InChI=1S/C18H15BrFNO3/c1-12(18(23)21-16-8-6-14(19)7-9-16)24-17(22)10-5-13-3-2-4-15(20)11-13/h2-12H,1H3,(H,21,23)/b10-5+/t12-/m0/s1. The van der Waals surface area contributed by atoms with Crippen LogP contribution in [0.2, 0.25) is 0 Å². The zero-order valence-electron chi connectivity index (χ0n) is 12.8. The van der Waals surface area contributed by atoms with Crippen LogP contribution in [0.5, 0.6) is 0 Å². The lowest BCUT2D eigenvalue weighted by Gasteiger charge is -2.12. The number of hydrogen-bond acceptors (Lipinski definition) is 3. The maximum Gasteiger partial charge on any atom is 0.331 e. The van der Waals surface area contributed by atoms with Crippen molar-refractivity contribution in [2.75, 3.05) is 5.32 Å². The van der Waals surface area contributed by atoms with Crippen molar-refractivity contribution in [1.29, 1.82) is 0 Å². The van der Waals surface area contributed by atoms with Crippen LogP contribution in [0.1, 0.15) is 12.5 Å². The van der Waals surface area contributed by atoms with Crippen LogP contribution in [-0.4, -0.2) is 18.0 Å². The molecule has 0 spiro atoms. The molecule has 2 aromatic carbocycles. The van der Waals surface area contributed by atoms with Crippen LogP contribution in [0.25, 0.3) is 6.08 Å². The second kappa shape index (κ2) is 8.40. The van der Waals surface area contributed by atoms with E-state index >= 15 is 0 Å². The SMILES string of the molecule is C[C@H](OC(=O)/C=C/c1cccc(F)c1)C(=O)Nc1ccc(Br)cc1. The van der Waals surface area contributed by atoms with Crippen molar-refractivity contribution in [3.8, 4) is 0 Å². The molecule has 0 unspecified atom stereocenters. The Bertz CT molecular complexity index is 759. The molecular formula is C18H15BrFNO3. The number of nitrogens with one attached hydrogen (secondary N) is 1. The van der Waals surface area contributed by atoms with Crippen LogP contribution >= 0.6 is 15.9 Å². The van der Waals surface area contributed by atoms with Gasteiger partial charge in [0.15, 0.2) is 6.10 Å². The summed E-state index contributed by atoms with van der Waals surface area (Å²) in [6.45, 7) is 1.47. The summed E-state index contributed by atoms with van der Waals surface area (Å²) in [7, 11) is 0. The van der Waals surface area contributed by atoms with E-state index in [1.54, 1.807) is 30.3 Å². The van der Waals surface area contributed by atoms with E-state index in [1.807, 2.05) is 0 Å². The van der Waals surface area contributed by atoms with Crippen LogP contribution in [0.4, 0.5) is 10.1 Å². The Morgan fingerprint density at radius 3 is 2.58 bits per heavy atom. The highest BCUT2D eigenvalue weighted by atomic mass is 79.9. The number of rotatable bonds is 5. The Balaban J connectivity index is 1.88. The summed E-state index contributed by atoms with van der Waals surface area (Å²) < 4.78 is 18.9. The molecule has 0 aromatic heterocycles. The fourth-order valence-electron chi connectivity index (χ4n) is 1.82. The van der Waals surface area contributed by atoms with Gasteiger partial charge >= 0.3 is 5.97 Å². The molecule has 1 N–H and O–H groups in total. The first-order chi connectivity index (χ1) is 11.4. The van der Waals surface area contributed by atoms with Crippen molar-refractivity contribution in [2.45, 2.75) is 13.0 Å². The van der Waals surface area contributed by atoms with E-state index in [0.29, 0.717) is 11.3 Å². The minimum Gasteiger partial charge on any atom is -0.449 e. The maximum atomic E-state index is 13.0. The first-order valence-corrected chi connectivity index (χ1v) is 7.94. The molecule has 24 heavy (non-hydrogen) atoms. The molecule has 0 bridgehead atoms. The van der Waals surface area contributed by atoms with Gasteiger partial charge in [-0.05, 0) is 55.0 Å². The van der Waals surface area contributed by atoms with Crippen LogP contribution in [0, 0.1) is 5.82 Å². The summed E-state index contributed by atoms with van der Waals surface area (Å²) >= 11 is 3.30. The molecule has 1 atom stereocenters. The van der Waals surface area contributed by atoms with E-state index in [4.69, 9.17) is 4.74 Å². The molecule has 1 amide bonds. The van der Waals surface area contributed by atoms with E-state index < -0.39 is 23.8 Å². The van der Waals surface area contributed by atoms with Gasteiger partial charge in [-0.1, -0.05) is 28.1 Å². The topological polar surface area (TPSA) is 55.4 Å². The van der Waals surface area contributed by atoms with Crippen LogP contribution in [0.15, 0.2) is 59.1 Å². The van der Waals surface area contributed by atoms with Crippen LogP contribution in [-0.2, 0) is 14.3 Å². The van der Waals surface area contributed by atoms with Crippen molar-refractivity contribution in [3.05, 3.63) is 70.5 Å².